The molecule has 0 amide bonds. The molecular weight excluding hydrogens is 184 g/mol. The molecule has 0 saturated carbocycles. The second kappa shape index (κ2) is 37.2. The molecule has 1 N–H and O–H groups in total. The van der Waals surface area contributed by atoms with Gasteiger partial charge in [-0.25, -0.2) is 0 Å². The number of rotatable bonds is 4. The van der Waals surface area contributed by atoms with Gasteiger partial charge in [-0.05, 0) is 6.42 Å². The van der Waals surface area contributed by atoms with E-state index in [1.807, 2.05) is 0 Å². The first-order valence-electron chi connectivity index (χ1n) is 5.44. The van der Waals surface area contributed by atoms with Crippen molar-refractivity contribution in [1.82, 2.24) is 0 Å². The van der Waals surface area contributed by atoms with Crippen LogP contribution in [-0.4, -0.2) is 34.8 Å². The molecule has 2 heteroatoms. The van der Waals surface area contributed by atoms with Crippen molar-refractivity contribution in [2.75, 3.05) is 6.61 Å². The molecule has 14 heavy (non-hydrogen) atoms. The fourth-order valence-corrected chi connectivity index (χ4v) is 0.158. The minimum absolute atomic E-state index is 0. The number of aliphatic hydroxyl groups is 1. The summed E-state index contributed by atoms with van der Waals surface area (Å²) in [6, 6.07) is 0. The molecule has 0 fully saturated rings. The molecule has 0 atom stereocenters. The maximum absolute atomic E-state index is 8.07. The van der Waals surface area contributed by atoms with Crippen molar-refractivity contribution in [3.05, 3.63) is 13.8 Å². The predicted molar refractivity (Wildman–Crippen MR) is 68.3 cm³/mol. The van der Waals surface area contributed by atoms with Crippen LogP contribution in [0.2, 0.25) is 0 Å². The van der Waals surface area contributed by atoms with E-state index < -0.39 is 0 Å². The Morgan fingerprint density at radius 3 is 1.14 bits per heavy atom. The Bertz CT molecular complexity index is 39.6. The van der Waals surface area contributed by atoms with Crippen LogP contribution in [0.25, 0.3) is 0 Å². The van der Waals surface area contributed by atoms with Crippen LogP contribution in [0.5, 0.6) is 0 Å². The van der Waals surface area contributed by atoms with E-state index in [4.69, 9.17) is 5.11 Å². The predicted octanol–water partition coefficient (Wildman–Crippen LogP) is 3.64. The monoisotopic (exact) mass is 212 g/mol. The average Bonchev–Trinajstić information content (AvgIpc) is 2.20. The van der Waals surface area contributed by atoms with E-state index in [9.17, 15) is 0 Å². The zero-order valence-corrected chi connectivity index (χ0v) is 11.9. The van der Waals surface area contributed by atoms with Gasteiger partial charge in [0.05, 0.1) is 0 Å². The molecule has 0 aliphatic carbocycles. The largest absolute Gasteiger partial charge is 2.00 e. The van der Waals surface area contributed by atoms with Gasteiger partial charge in [0.1, 0.15) is 0 Å². The molecule has 1 nitrogen and oxygen atoms in total. The average molecular weight is 213 g/mol. The van der Waals surface area contributed by atoms with Crippen LogP contribution in [0, 0.1) is 13.8 Å². The second-order valence-corrected chi connectivity index (χ2v) is 2.78. The van der Waals surface area contributed by atoms with E-state index in [2.05, 4.69) is 34.6 Å². The number of unbranched alkanes of at least 4 members (excludes halogenated alkanes) is 3. The van der Waals surface area contributed by atoms with Crippen LogP contribution in [-0.2, 0) is 0 Å². The van der Waals surface area contributed by atoms with Crippen LogP contribution in [0.15, 0.2) is 0 Å². The van der Waals surface area contributed by atoms with Crippen molar-refractivity contribution in [1.29, 1.82) is 0 Å². The first-order valence-corrected chi connectivity index (χ1v) is 5.44. The molecule has 0 radical (unpaired) electrons. The van der Waals surface area contributed by atoms with Crippen LogP contribution < -0.4 is 0 Å². The van der Waals surface area contributed by atoms with Gasteiger partial charge < -0.3 is 19.0 Å². The number of aliphatic hydroxyl groups excluding tert-OH is 1. The van der Waals surface area contributed by atoms with Gasteiger partial charge in [0.2, 0.25) is 0 Å². The second-order valence-electron chi connectivity index (χ2n) is 2.78. The summed E-state index contributed by atoms with van der Waals surface area (Å²) in [7, 11) is 0. The van der Waals surface area contributed by atoms with Crippen molar-refractivity contribution < 1.29 is 5.11 Å². The van der Waals surface area contributed by atoms with E-state index >= 15 is 0 Å². The zero-order valence-electron chi connectivity index (χ0n) is 10.5. The minimum Gasteiger partial charge on any atom is -0.396 e. The number of hydrogen-bond donors (Lipinski definition) is 1. The van der Waals surface area contributed by atoms with Crippen molar-refractivity contribution in [2.45, 2.75) is 59.3 Å². The molecule has 0 spiro atoms. The molecular formula is C12H28MgO. The molecule has 0 aromatic carbocycles. The Kier molecular flexibility index (Phi) is 64.1. The van der Waals surface area contributed by atoms with Gasteiger partial charge >= 0.3 is 23.1 Å². The normalized spacial score (nSPS) is 7.29. The first-order chi connectivity index (χ1) is 6.24. The van der Waals surface area contributed by atoms with Crippen LogP contribution in [0.1, 0.15) is 59.3 Å². The number of hydrogen-bond acceptors (Lipinski definition) is 1. The van der Waals surface area contributed by atoms with Gasteiger partial charge in [-0.1, -0.05) is 40.0 Å². The molecule has 0 aromatic rings. The van der Waals surface area contributed by atoms with Gasteiger partial charge in [-0.2, -0.15) is 12.8 Å². The Hall–Kier alpha value is 0.726. The molecule has 0 bridgehead atoms. The molecule has 0 rings (SSSR count). The van der Waals surface area contributed by atoms with E-state index in [0.717, 1.165) is 25.7 Å². The third-order valence-electron chi connectivity index (χ3n) is 1.22. The van der Waals surface area contributed by atoms with Gasteiger partial charge in [0.15, 0.2) is 0 Å². The van der Waals surface area contributed by atoms with Crippen LogP contribution >= 0.6 is 0 Å². The topological polar surface area (TPSA) is 20.2 Å². The van der Waals surface area contributed by atoms with Crippen molar-refractivity contribution in [3.63, 3.8) is 0 Å². The maximum Gasteiger partial charge on any atom is 2.00 e. The van der Waals surface area contributed by atoms with E-state index in [-0.39, 0.29) is 23.1 Å². The molecule has 84 valence electrons. The smallest absolute Gasteiger partial charge is 0.396 e. The Morgan fingerprint density at radius 1 is 0.857 bits per heavy atom. The fourth-order valence-electron chi connectivity index (χ4n) is 0.158. The Morgan fingerprint density at radius 2 is 1.14 bits per heavy atom. The van der Waals surface area contributed by atoms with Gasteiger partial charge in [0, 0.05) is 6.61 Å². The standard InChI is InChI=1S/C4H10O.2C4H9.Mg/c1-2-3-4-5;2*1-3-4-2;/h5H,2-4H2,1H3;2*1,3-4H2,2H3;/q;2*-1;+2. The van der Waals surface area contributed by atoms with Crippen LogP contribution in [0.4, 0.5) is 0 Å². The molecule has 0 unspecified atom stereocenters. The van der Waals surface area contributed by atoms with E-state index in [1.165, 1.54) is 12.8 Å². The Balaban J connectivity index is -0.0000000522. The summed E-state index contributed by atoms with van der Waals surface area (Å²) in [6.07, 6.45) is 6.59. The van der Waals surface area contributed by atoms with Gasteiger partial charge in [-0.3, -0.25) is 0 Å². The summed E-state index contributed by atoms with van der Waals surface area (Å²) in [5.41, 5.74) is 0. The molecule has 0 heterocycles. The van der Waals surface area contributed by atoms with Crippen molar-refractivity contribution in [3.8, 4) is 0 Å². The Labute approximate surface area is 108 Å². The molecule has 0 saturated heterocycles. The molecule has 0 aromatic heterocycles. The third-order valence-corrected chi connectivity index (χ3v) is 1.22. The summed E-state index contributed by atoms with van der Waals surface area (Å²) >= 11 is 0. The third kappa shape index (κ3) is 78.3. The summed E-state index contributed by atoms with van der Waals surface area (Å²) < 4.78 is 0. The summed E-state index contributed by atoms with van der Waals surface area (Å²) in [5, 5.41) is 8.07. The zero-order chi connectivity index (χ0) is 10.9. The quantitative estimate of drug-likeness (QED) is 0.557. The summed E-state index contributed by atoms with van der Waals surface area (Å²) in [5.74, 6) is 0. The van der Waals surface area contributed by atoms with Crippen molar-refractivity contribution in [2.24, 2.45) is 0 Å². The first kappa shape index (κ1) is 24.1. The maximum atomic E-state index is 8.07. The minimum atomic E-state index is 0. The molecule has 0 aliphatic rings. The van der Waals surface area contributed by atoms with Crippen molar-refractivity contribution >= 4 is 23.1 Å². The fraction of sp³-hybridized carbons (Fsp3) is 0.833. The van der Waals surface area contributed by atoms with Crippen LogP contribution in [0.3, 0.4) is 0 Å². The van der Waals surface area contributed by atoms with E-state index in [1.54, 1.807) is 0 Å². The summed E-state index contributed by atoms with van der Waals surface area (Å²) in [6.45, 7) is 13.8. The van der Waals surface area contributed by atoms with Gasteiger partial charge in [-0.15, -0.1) is 0 Å². The SMILES string of the molecule is CCCCO.[CH2-]CCC.[CH2-]CCC.[Mg+2]. The van der Waals surface area contributed by atoms with Gasteiger partial charge in [0.25, 0.3) is 0 Å². The molecule has 0 aliphatic heterocycles. The summed E-state index contributed by atoms with van der Waals surface area (Å²) in [4.78, 5) is 0. The van der Waals surface area contributed by atoms with E-state index in [0.29, 0.717) is 6.61 Å².